The summed E-state index contributed by atoms with van der Waals surface area (Å²) in [7, 11) is 13.0. The Morgan fingerprint density at radius 1 is 0.542 bits per heavy atom. The molecule has 0 aromatic carbocycles. The minimum Gasteiger partial charge on any atom is -0.305 e. The van der Waals surface area contributed by atoms with Crippen molar-refractivity contribution in [3.05, 3.63) is 0 Å². The Labute approximate surface area is 150 Å². The summed E-state index contributed by atoms with van der Waals surface area (Å²) in [6.45, 7) is 13.5. The van der Waals surface area contributed by atoms with E-state index in [0.717, 1.165) is 39.6 Å². The van der Waals surface area contributed by atoms with Gasteiger partial charge < -0.3 is 14.7 Å². The van der Waals surface area contributed by atoms with Crippen LogP contribution in [0.2, 0.25) is 0 Å². The van der Waals surface area contributed by atoms with Gasteiger partial charge in [-0.2, -0.15) is 0 Å². The van der Waals surface area contributed by atoms with E-state index in [1.165, 1.54) is 0 Å². The first-order chi connectivity index (χ1) is 11.1. The first-order valence-electron chi connectivity index (χ1n) is 9.26. The van der Waals surface area contributed by atoms with Crippen LogP contribution in [0.3, 0.4) is 0 Å². The molecule has 0 spiro atoms. The average molecular weight is 343 g/mol. The second-order valence-corrected chi connectivity index (χ2v) is 8.42. The summed E-state index contributed by atoms with van der Waals surface area (Å²) < 4.78 is 0. The maximum atomic E-state index is 2.60. The summed E-state index contributed by atoms with van der Waals surface area (Å²) in [6, 6.07) is 1.72. The molecule has 0 amide bonds. The summed E-state index contributed by atoms with van der Waals surface area (Å²) in [5.74, 6) is 0. The van der Waals surface area contributed by atoms with Gasteiger partial charge in [-0.05, 0) is 63.1 Å². The Bertz CT molecular complexity index is 288. The summed E-state index contributed by atoms with van der Waals surface area (Å²) >= 11 is 0. The highest BCUT2D eigenvalue weighted by Gasteiger charge is 2.27. The minimum atomic E-state index is 0.573. The van der Waals surface area contributed by atoms with Crippen LogP contribution in [-0.2, 0) is 0 Å². The lowest BCUT2D eigenvalue weighted by atomic mass is 10.2. The van der Waals surface area contributed by atoms with Gasteiger partial charge in [0.25, 0.3) is 0 Å². The molecule has 1 saturated heterocycles. The summed E-state index contributed by atoms with van der Waals surface area (Å²) in [4.78, 5) is 14.7. The molecule has 24 heavy (non-hydrogen) atoms. The van der Waals surface area contributed by atoms with Crippen molar-refractivity contribution in [2.45, 2.75) is 38.9 Å². The van der Waals surface area contributed by atoms with E-state index in [1.807, 2.05) is 0 Å². The highest BCUT2D eigenvalue weighted by molar-refractivity contribution is 4.78. The summed E-state index contributed by atoms with van der Waals surface area (Å²) in [5.41, 5.74) is 0. The van der Waals surface area contributed by atoms with Crippen molar-refractivity contribution >= 4 is 0 Å². The first-order valence-corrected chi connectivity index (χ1v) is 9.26. The molecular formula is C18H42N6. The number of rotatable bonds is 9. The Hall–Kier alpha value is -0.240. The van der Waals surface area contributed by atoms with Gasteiger partial charge in [0.05, 0.1) is 20.0 Å². The standard InChI is InChI=1S/C18H42N6/c1-16(19(4)5)10-22-13-23(11-17(2)20(6)7)15-24(14-22)12-18(3)21(8)9/h16-18H,10-15H2,1-9H3. The predicted octanol–water partition coefficient (Wildman–Crippen LogP) is 0.629. The van der Waals surface area contributed by atoms with Crippen molar-refractivity contribution in [1.29, 1.82) is 0 Å². The number of nitrogens with zero attached hydrogens (tertiary/aromatic N) is 6. The van der Waals surface area contributed by atoms with Gasteiger partial charge in [-0.3, -0.25) is 14.7 Å². The van der Waals surface area contributed by atoms with E-state index in [1.54, 1.807) is 0 Å². The van der Waals surface area contributed by atoms with Crippen molar-refractivity contribution in [1.82, 2.24) is 29.4 Å². The molecule has 0 aromatic heterocycles. The molecule has 0 aromatic rings. The molecule has 3 atom stereocenters. The van der Waals surface area contributed by atoms with Gasteiger partial charge in [0, 0.05) is 37.8 Å². The highest BCUT2D eigenvalue weighted by atomic mass is 15.5. The molecule has 0 radical (unpaired) electrons. The summed E-state index contributed by atoms with van der Waals surface area (Å²) in [5, 5.41) is 0. The molecular weight excluding hydrogens is 300 g/mol. The molecule has 6 nitrogen and oxygen atoms in total. The van der Waals surface area contributed by atoms with Crippen LogP contribution in [0.15, 0.2) is 0 Å². The molecule has 1 heterocycles. The average Bonchev–Trinajstić information content (AvgIpc) is 2.46. The lowest BCUT2D eigenvalue weighted by Gasteiger charge is -2.45. The lowest BCUT2D eigenvalue weighted by molar-refractivity contribution is -0.0500. The SMILES string of the molecule is CC(CN1CN(CC(C)N(C)C)CN(CC(C)N(C)C)C1)N(C)C. The van der Waals surface area contributed by atoms with Crippen LogP contribution in [0.25, 0.3) is 0 Å². The molecule has 1 aliphatic rings. The Kier molecular flexibility index (Phi) is 9.12. The quantitative estimate of drug-likeness (QED) is 0.608. The van der Waals surface area contributed by atoms with Crippen molar-refractivity contribution in [3.63, 3.8) is 0 Å². The van der Waals surface area contributed by atoms with E-state index in [2.05, 4.69) is 92.5 Å². The van der Waals surface area contributed by atoms with E-state index in [-0.39, 0.29) is 0 Å². The van der Waals surface area contributed by atoms with Crippen LogP contribution in [-0.4, -0.2) is 129 Å². The Morgan fingerprint density at radius 2 is 0.750 bits per heavy atom. The number of hydrogen-bond donors (Lipinski definition) is 0. The van der Waals surface area contributed by atoms with Crippen LogP contribution in [0.1, 0.15) is 20.8 Å². The molecule has 1 aliphatic heterocycles. The predicted molar refractivity (Wildman–Crippen MR) is 104 cm³/mol. The van der Waals surface area contributed by atoms with Crippen LogP contribution in [0, 0.1) is 0 Å². The largest absolute Gasteiger partial charge is 0.305 e. The second-order valence-electron chi connectivity index (χ2n) is 8.42. The third-order valence-electron chi connectivity index (χ3n) is 5.41. The molecule has 3 unspecified atom stereocenters. The first kappa shape index (κ1) is 21.8. The minimum absolute atomic E-state index is 0.573. The smallest absolute Gasteiger partial charge is 0.0531 e. The molecule has 0 aliphatic carbocycles. The zero-order valence-electron chi connectivity index (χ0n) is 17.7. The second kappa shape index (κ2) is 10.0. The molecule has 0 N–H and O–H groups in total. The van der Waals surface area contributed by atoms with E-state index in [9.17, 15) is 0 Å². The molecule has 0 saturated carbocycles. The third-order valence-corrected chi connectivity index (χ3v) is 5.41. The fourth-order valence-corrected chi connectivity index (χ4v) is 2.94. The fourth-order valence-electron chi connectivity index (χ4n) is 2.94. The van der Waals surface area contributed by atoms with E-state index in [4.69, 9.17) is 0 Å². The highest BCUT2D eigenvalue weighted by Crippen LogP contribution is 2.12. The summed E-state index contributed by atoms with van der Waals surface area (Å²) in [6.07, 6.45) is 0. The lowest BCUT2D eigenvalue weighted by Crippen LogP contribution is -2.60. The maximum Gasteiger partial charge on any atom is 0.0531 e. The van der Waals surface area contributed by atoms with Crippen LogP contribution >= 0.6 is 0 Å². The van der Waals surface area contributed by atoms with Gasteiger partial charge in [0.2, 0.25) is 0 Å². The third kappa shape index (κ3) is 7.33. The molecule has 6 heteroatoms. The van der Waals surface area contributed by atoms with Crippen LogP contribution in [0.4, 0.5) is 0 Å². The maximum absolute atomic E-state index is 2.60. The van der Waals surface area contributed by atoms with Gasteiger partial charge in [-0.15, -0.1) is 0 Å². The van der Waals surface area contributed by atoms with E-state index >= 15 is 0 Å². The van der Waals surface area contributed by atoms with Gasteiger partial charge in [-0.25, -0.2) is 0 Å². The van der Waals surface area contributed by atoms with Crippen LogP contribution < -0.4 is 0 Å². The molecule has 1 fully saturated rings. The van der Waals surface area contributed by atoms with E-state index < -0.39 is 0 Å². The monoisotopic (exact) mass is 342 g/mol. The van der Waals surface area contributed by atoms with Crippen molar-refractivity contribution in [2.75, 3.05) is 81.9 Å². The van der Waals surface area contributed by atoms with E-state index in [0.29, 0.717) is 18.1 Å². The van der Waals surface area contributed by atoms with Crippen molar-refractivity contribution in [2.24, 2.45) is 0 Å². The molecule has 1 rings (SSSR count). The topological polar surface area (TPSA) is 19.4 Å². The Morgan fingerprint density at radius 3 is 0.917 bits per heavy atom. The zero-order valence-corrected chi connectivity index (χ0v) is 17.7. The van der Waals surface area contributed by atoms with Gasteiger partial charge >= 0.3 is 0 Å². The van der Waals surface area contributed by atoms with Gasteiger partial charge in [-0.1, -0.05) is 0 Å². The number of likely N-dealkylation sites (N-methyl/N-ethyl adjacent to an activating group) is 3. The van der Waals surface area contributed by atoms with Gasteiger partial charge in [0.1, 0.15) is 0 Å². The molecule has 0 bridgehead atoms. The van der Waals surface area contributed by atoms with Crippen molar-refractivity contribution < 1.29 is 0 Å². The Balaban J connectivity index is 2.70. The zero-order chi connectivity index (χ0) is 18.4. The normalized spacial score (nSPS) is 22.5. The van der Waals surface area contributed by atoms with Gasteiger partial charge in [0.15, 0.2) is 0 Å². The van der Waals surface area contributed by atoms with Crippen molar-refractivity contribution in [3.8, 4) is 0 Å². The molecule has 144 valence electrons. The fraction of sp³-hybridized carbons (Fsp3) is 1.00. The number of hydrogen-bond acceptors (Lipinski definition) is 6. The van der Waals surface area contributed by atoms with Crippen LogP contribution in [0.5, 0.6) is 0 Å².